The van der Waals surface area contributed by atoms with Crippen molar-refractivity contribution in [3.63, 3.8) is 0 Å². The summed E-state index contributed by atoms with van der Waals surface area (Å²) < 4.78 is 5.61. The summed E-state index contributed by atoms with van der Waals surface area (Å²) in [7, 11) is 0. The van der Waals surface area contributed by atoms with Crippen LogP contribution in [-0.2, 0) is 4.74 Å². The summed E-state index contributed by atoms with van der Waals surface area (Å²) in [5, 5.41) is 3.45. The minimum absolute atomic E-state index is 0.411. The van der Waals surface area contributed by atoms with Crippen molar-refractivity contribution >= 4 is 5.96 Å². The quantitative estimate of drug-likeness (QED) is 0.478. The summed E-state index contributed by atoms with van der Waals surface area (Å²) in [5.41, 5.74) is 0.411. The monoisotopic (exact) mass is 281 g/mol. The molecule has 2 aliphatic heterocycles. The third-order valence-corrected chi connectivity index (χ3v) is 4.46. The van der Waals surface area contributed by atoms with Gasteiger partial charge in [-0.1, -0.05) is 13.8 Å². The Balaban J connectivity index is 1.86. The first-order chi connectivity index (χ1) is 9.65. The lowest BCUT2D eigenvalue weighted by atomic mass is 9.87. The average Bonchev–Trinajstić information content (AvgIpc) is 3.04. The van der Waals surface area contributed by atoms with Gasteiger partial charge in [0, 0.05) is 38.2 Å². The number of guanidine groups is 1. The molecule has 2 heterocycles. The molecule has 1 unspecified atom stereocenters. The van der Waals surface area contributed by atoms with Gasteiger partial charge in [-0.2, -0.15) is 0 Å². The van der Waals surface area contributed by atoms with Crippen LogP contribution >= 0.6 is 0 Å². The van der Waals surface area contributed by atoms with Gasteiger partial charge in [0.2, 0.25) is 0 Å². The van der Waals surface area contributed by atoms with Crippen molar-refractivity contribution in [3.05, 3.63) is 0 Å². The van der Waals surface area contributed by atoms with E-state index in [0.29, 0.717) is 5.41 Å². The molecule has 116 valence electrons. The van der Waals surface area contributed by atoms with Crippen molar-refractivity contribution < 1.29 is 4.74 Å². The van der Waals surface area contributed by atoms with Gasteiger partial charge >= 0.3 is 0 Å². The molecule has 0 aliphatic carbocycles. The first-order valence-corrected chi connectivity index (χ1v) is 8.26. The Morgan fingerprint density at radius 1 is 1.40 bits per heavy atom. The summed E-state index contributed by atoms with van der Waals surface area (Å²) in [6.45, 7) is 12.7. The Kier molecular flexibility index (Phi) is 5.70. The molecule has 4 heteroatoms. The van der Waals surface area contributed by atoms with Gasteiger partial charge in [0.05, 0.1) is 6.61 Å². The standard InChI is InChI=1S/C16H31N3O/c1-4-17-15(18-9-5-6-14(2)3)19-10-7-16(12-19)8-11-20-13-16/h14H,4-13H2,1-3H3,(H,17,18). The predicted molar refractivity (Wildman–Crippen MR) is 84.1 cm³/mol. The number of nitrogens with zero attached hydrogens (tertiary/aromatic N) is 2. The summed E-state index contributed by atoms with van der Waals surface area (Å²) >= 11 is 0. The Bertz CT molecular complexity index is 322. The molecule has 2 aliphatic rings. The van der Waals surface area contributed by atoms with Gasteiger partial charge in [0.25, 0.3) is 0 Å². The average molecular weight is 281 g/mol. The summed E-state index contributed by atoms with van der Waals surface area (Å²) in [6.07, 6.45) is 4.93. The van der Waals surface area contributed by atoms with Crippen LogP contribution in [0.15, 0.2) is 4.99 Å². The summed E-state index contributed by atoms with van der Waals surface area (Å²) in [6, 6.07) is 0. The van der Waals surface area contributed by atoms with Crippen LogP contribution in [0.5, 0.6) is 0 Å². The van der Waals surface area contributed by atoms with E-state index in [1.165, 1.54) is 25.7 Å². The number of hydrogen-bond acceptors (Lipinski definition) is 2. The molecule has 0 aromatic heterocycles. The Hall–Kier alpha value is -0.770. The van der Waals surface area contributed by atoms with Gasteiger partial charge in [0.1, 0.15) is 0 Å². The van der Waals surface area contributed by atoms with Gasteiger partial charge in [-0.05, 0) is 38.5 Å². The first kappa shape index (κ1) is 15.6. The predicted octanol–water partition coefficient (Wildman–Crippen LogP) is 2.50. The maximum absolute atomic E-state index is 5.61. The van der Waals surface area contributed by atoms with E-state index in [-0.39, 0.29) is 0 Å². The second-order valence-electron chi connectivity index (χ2n) is 6.75. The lowest BCUT2D eigenvalue weighted by Gasteiger charge is -2.25. The van der Waals surface area contributed by atoms with Crippen LogP contribution in [0, 0.1) is 11.3 Å². The van der Waals surface area contributed by atoms with Crippen molar-refractivity contribution in [1.29, 1.82) is 0 Å². The van der Waals surface area contributed by atoms with Crippen LogP contribution in [0.2, 0.25) is 0 Å². The van der Waals surface area contributed by atoms with Gasteiger partial charge in [0.15, 0.2) is 5.96 Å². The Morgan fingerprint density at radius 3 is 2.90 bits per heavy atom. The highest BCUT2D eigenvalue weighted by Gasteiger charge is 2.42. The van der Waals surface area contributed by atoms with Crippen LogP contribution in [-0.4, -0.2) is 50.3 Å². The number of rotatable bonds is 5. The lowest BCUT2D eigenvalue weighted by Crippen LogP contribution is -2.41. The van der Waals surface area contributed by atoms with Crippen LogP contribution in [0.1, 0.15) is 46.5 Å². The maximum Gasteiger partial charge on any atom is 0.193 e. The van der Waals surface area contributed by atoms with Gasteiger partial charge in [-0.3, -0.25) is 4.99 Å². The molecule has 2 rings (SSSR count). The van der Waals surface area contributed by atoms with Gasteiger partial charge in [-0.15, -0.1) is 0 Å². The molecule has 4 nitrogen and oxygen atoms in total. The molecule has 0 radical (unpaired) electrons. The number of ether oxygens (including phenoxy) is 1. The molecule has 20 heavy (non-hydrogen) atoms. The lowest BCUT2D eigenvalue weighted by molar-refractivity contribution is 0.156. The third-order valence-electron chi connectivity index (χ3n) is 4.46. The number of nitrogens with one attached hydrogen (secondary N) is 1. The fraction of sp³-hybridized carbons (Fsp3) is 0.938. The zero-order valence-electron chi connectivity index (χ0n) is 13.5. The largest absolute Gasteiger partial charge is 0.381 e. The smallest absolute Gasteiger partial charge is 0.193 e. The van der Waals surface area contributed by atoms with Gasteiger partial charge < -0.3 is 15.0 Å². The molecular formula is C16H31N3O. The SMILES string of the molecule is CCNC(=NCCCC(C)C)N1CCC2(CCOC2)C1. The Labute approximate surface area is 124 Å². The second-order valence-corrected chi connectivity index (χ2v) is 6.75. The normalized spacial score (nSPS) is 27.0. The Morgan fingerprint density at radius 2 is 2.25 bits per heavy atom. The van der Waals surface area contributed by atoms with E-state index in [2.05, 4.69) is 31.0 Å². The van der Waals surface area contributed by atoms with Crippen molar-refractivity contribution in [3.8, 4) is 0 Å². The zero-order valence-corrected chi connectivity index (χ0v) is 13.5. The van der Waals surface area contributed by atoms with Gasteiger partial charge in [-0.25, -0.2) is 0 Å². The van der Waals surface area contributed by atoms with Crippen molar-refractivity contribution in [2.24, 2.45) is 16.3 Å². The maximum atomic E-state index is 5.61. The topological polar surface area (TPSA) is 36.9 Å². The second kappa shape index (κ2) is 7.30. The van der Waals surface area contributed by atoms with Crippen molar-refractivity contribution in [2.45, 2.75) is 46.5 Å². The fourth-order valence-electron chi connectivity index (χ4n) is 3.20. The number of likely N-dealkylation sites (tertiary alicyclic amines) is 1. The molecular weight excluding hydrogens is 250 g/mol. The molecule has 2 saturated heterocycles. The van der Waals surface area contributed by atoms with E-state index >= 15 is 0 Å². The van der Waals surface area contributed by atoms with Crippen LogP contribution < -0.4 is 5.32 Å². The molecule has 1 atom stereocenters. The molecule has 0 aromatic carbocycles. The van der Waals surface area contributed by atoms with Crippen molar-refractivity contribution in [1.82, 2.24) is 10.2 Å². The van der Waals surface area contributed by atoms with E-state index in [4.69, 9.17) is 9.73 Å². The molecule has 0 amide bonds. The van der Waals surface area contributed by atoms with Crippen LogP contribution in [0.4, 0.5) is 0 Å². The highest BCUT2D eigenvalue weighted by molar-refractivity contribution is 5.80. The minimum Gasteiger partial charge on any atom is -0.381 e. The minimum atomic E-state index is 0.411. The number of aliphatic imine (C=N–C) groups is 1. The molecule has 1 spiro atoms. The van der Waals surface area contributed by atoms with E-state index in [0.717, 1.165) is 51.3 Å². The third kappa shape index (κ3) is 4.11. The first-order valence-electron chi connectivity index (χ1n) is 8.26. The van der Waals surface area contributed by atoms with E-state index in [9.17, 15) is 0 Å². The van der Waals surface area contributed by atoms with Crippen LogP contribution in [0.25, 0.3) is 0 Å². The fourth-order valence-corrected chi connectivity index (χ4v) is 3.20. The molecule has 0 aromatic rings. The molecule has 1 N–H and O–H groups in total. The summed E-state index contributed by atoms with van der Waals surface area (Å²) in [5.74, 6) is 1.89. The van der Waals surface area contributed by atoms with Crippen molar-refractivity contribution in [2.75, 3.05) is 39.4 Å². The highest BCUT2D eigenvalue weighted by Crippen LogP contribution is 2.38. The van der Waals surface area contributed by atoms with E-state index < -0.39 is 0 Å². The zero-order chi connectivity index (χ0) is 14.4. The number of hydrogen-bond donors (Lipinski definition) is 1. The molecule has 0 saturated carbocycles. The van der Waals surface area contributed by atoms with Crippen LogP contribution in [0.3, 0.4) is 0 Å². The summed E-state index contributed by atoms with van der Waals surface area (Å²) in [4.78, 5) is 7.25. The molecule has 2 fully saturated rings. The van der Waals surface area contributed by atoms with E-state index in [1.54, 1.807) is 0 Å². The highest BCUT2D eigenvalue weighted by atomic mass is 16.5. The molecule has 0 bridgehead atoms. The van der Waals surface area contributed by atoms with E-state index in [1.807, 2.05) is 0 Å².